The summed E-state index contributed by atoms with van der Waals surface area (Å²) in [5.74, 6) is 0.605. The first-order valence-electron chi connectivity index (χ1n) is 4.23. The van der Waals surface area contributed by atoms with Crippen molar-refractivity contribution in [1.82, 2.24) is 9.97 Å². The molecule has 2 aromatic rings. The minimum Gasteiger partial charge on any atom is -0.481 e. The molecule has 0 aliphatic heterocycles. The molecule has 0 amide bonds. The lowest BCUT2D eigenvalue weighted by Crippen LogP contribution is -1.88. The van der Waals surface area contributed by atoms with E-state index in [9.17, 15) is 0 Å². The topological polar surface area (TPSA) is 35.0 Å². The third kappa shape index (κ3) is 1.71. The summed E-state index contributed by atoms with van der Waals surface area (Å²) in [6, 6.07) is 9.30. The van der Waals surface area contributed by atoms with E-state index >= 15 is 0 Å². The number of pyridine rings is 2. The molecule has 0 aliphatic rings. The highest BCUT2D eigenvalue weighted by atomic mass is 16.5. The average molecular weight is 185 g/mol. The van der Waals surface area contributed by atoms with Crippen molar-refractivity contribution < 1.29 is 4.74 Å². The van der Waals surface area contributed by atoms with Crippen LogP contribution >= 0.6 is 0 Å². The van der Waals surface area contributed by atoms with E-state index in [1.165, 1.54) is 0 Å². The van der Waals surface area contributed by atoms with Crippen molar-refractivity contribution in [1.29, 1.82) is 0 Å². The fourth-order valence-electron chi connectivity index (χ4n) is 1.14. The van der Waals surface area contributed by atoms with Crippen molar-refractivity contribution in [2.45, 2.75) is 0 Å². The molecule has 0 saturated heterocycles. The molecule has 0 aromatic carbocycles. The van der Waals surface area contributed by atoms with Crippen molar-refractivity contribution in [3.8, 4) is 17.1 Å². The fraction of sp³-hybridized carbons (Fsp3) is 0.0909. The van der Waals surface area contributed by atoms with Gasteiger partial charge in [-0.3, -0.25) is 0 Å². The molecular weight excluding hydrogens is 176 g/mol. The first-order valence-corrected chi connectivity index (χ1v) is 4.23. The molecule has 0 N–H and O–H groups in total. The Morgan fingerprint density at radius 3 is 2.79 bits per heavy atom. The van der Waals surface area contributed by atoms with Gasteiger partial charge in [0.2, 0.25) is 5.88 Å². The summed E-state index contributed by atoms with van der Waals surface area (Å²) < 4.78 is 4.97. The van der Waals surface area contributed by atoms with Gasteiger partial charge in [-0.1, -0.05) is 6.07 Å². The van der Waals surface area contributed by atoms with Crippen molar-refractivity contribution in [2.75, 3.05) is 7.11 Å². The van der Waals surface area contributed by atoms with E-state index in [1.807, 2.05) is 24.3 Å². The van der Waals surface area contributed by atoms with Crippen LogP contribution in [0, 0.1) is 6.20 Å². The van der Waals surface area contributed by atoms with Crippen LogP contribution in [0.5, 0.6) is 5.88 Å². The van der Waals surface area contributed by atoms with Gasteiger partial charge in [0.25, 0.3) is 0 Å². The van der Waals surface area contributed by atoms with Crippen LogP contribution in [0.3, 0.4) is 0 Å². The lowest BCUT2D eigenvalue weighted by atomic mass is 10.2. The molecule has 69 valence electrons. The van der Waals surface area contributed by atoms with Crippen LogP contribution in [-0.4, -0.2) is 17.1 Å². The van der Waals surface area contributed by atoms with Crippen LogP contribution in [0.2, 0.25) is 0 Å². The van der Waals surface area contributed by atoms with Crippen molar-refractivity contribution in [2.24, 2.45) is 0 Å². The number of rotatable bonds is 2. The van der Waals surface area contributed by atoms with Crippen molar-refractivity contribution in [3.63, 3.8) is 0 Å². The fourth-order valence-corrected chi connectivity index (χ4v) is 1.14. The monoisotopic (exact) mass is 185 g/mol. The number of ether oxygens (including phenoxy) is 1. The van der Waals surface area contributed by atoms with Crippen LogP contribution in [0.25, 0.3) is 11.3 Å². The smallest absolute Gasteiger partial charge is 0.212 e. The Balaban J connectivity index is 2.34. The first-order chi connectivity index (χ1) is 6.90. The van der Waals surface area contributed by atoms with Gasteiger partial charge < -0.3 is 4.74 Å². The van der Waals surface area contributed by atoms with E-state index in [-0.39, 0.29) is 0 Å². The molecule has 14 heavy (non-hydrogen) atoms. The summed E-state index contributed by atoms with van der Waals surface area (Å²) in [7, 11) is 1.59. The largest absolute Gasteiger partial charge is 0.481 e. The zero-order chi connectivity index (χ0) is 9.80. The molecule has 2 heterocycles. The molecule has 0 fully saturated rings. The third-order valence-corrected chi connectivity index (χ3v) is 1.85. The van der Waals surface area contributed by atoms with E-state index in [1.54, 1.807) is 19.4 Å². The second-order valence-electron chi connectivity index (χ2n) is 2.74. The highest BCUT2D eigenvalue weighted by Crippen LogP contribution is 2.16. The minimum atomic E-state index is 0.605. The number of nitrogens with zero attached hydrogens (tertiary/aromatic N) is 2. The molecule has 2 rings (SSSR count). The van der Waals surface area contributed by atoms with Crippen LogP contribution in [-0.2, 0) is 0 Å². The molecule has 0 unspecified atom stereocenters. The first kappa shape index (κ1) is 8.69. The molecule has 1 radical (unpaired) electrons. The van der Waals surface area contributed by atoms with Gasteiger partial charge in [0, 0.05) is 17.8 Å². The lowest BCUT2D eigenvalue weighted by molar-refractivity contribution is 0.398. The number of hydrogen-bond donors (Lipinski definition) is 0. The standard InChI is InChI=1S/C11H9N2O/c1-14-11-6-5-9(8-13-11)10-4-2-3-7-12-10/h2-6,8H,1H3. The van der Waals surface area contributed by atoms with Gasteiger partial charge in [0.1, 0.15) is 0 Å². The average Bonchev–Trinajstić information content (AvgIpc) is 2.30. The molecule has 0 atom stereocenters. The molecule has 0 saturated carbocycles. The van der Waals surface area contributed by atoms with Crippen LogP contribution in [0.4, 0.5) is 0 Å². The normalized spacial score (nSPS) is 9.79. The Hall–Kier alpha value is -1.90. The number of methoxy groups -OCH3 is 1. The van der Waals surface area contributed by atoms with Crippen LogP contribution < -0.4 is 4.74 Å². The molecular formula is C11H9N2O. The Morgan fingerprint density at radius 2 is 2.21 bits per heavy atom. The third-order valence-electron chi connectivity index (χ3n) is 1.85. The number of aromatic nitrogens is 2. The Bertz CT molecular complexity index is 397. The molecule has 0 aliphatic carbocycles. The summed E-state index contributed by atoms with van der Waals surface area (Å²) in [4.78, 5) is 8.20. The quantitative estimate of drug-likeness (QED) is 0.717. The van der Waals surface area contributed by atoms with E-state index in [4.69, 9.17) is 4.74 Å². The zero-order valence-electron chi connectivity index (χ0n) is 7.77. The Labute approximate surface area is 82.4 Å². The van der Waals surface area contributed by atoms with E-state index < -0.39 is 0 Å². The van der Waals surface area contributed by atoms with Crippen LogP contribution in [0.15, 0.2) is 36.5 Å². The Kier molecular flexibility index (Phi) is 2.40. The van der Waals surface area contributed by atoms with Gasteiger partial charge in [0.15, 0.2) is 0 Å². The van der Waals surface area contributed by atoms with Gasteiger partial charge in [0.05, 0.1) is 19.0 Å². The summed E-state index contributed by atoms with van der Waals surface area (Å²) in [5, 5.41) is 0. The Morgan fingerprint density at radius 1 is 1.29 bits per heavy atom. The molecule has 0 spiro atoms. The van der Waals surface area contributed by atoms with E-state index in [2.05, 4.69) is 16.2 Å². The lowest BCUT2D eigenvalue weighted by Gasteiger charge is -2.00. The van der Waals surface area contributed by atoms with Gasteiger partial charge in [-0.25, -0.2) is 9.97 Å². The predicted molar refractivity (Wildman–Crippen MR) is 52.9 cm³/mol. The highest BCUT2D eigenvalue weighted by Gasteiger charge is 1.98. The SMILES string of the molecule is COc1ccc(-c2ccc[c]n2)cn1. The summed E-state index contributed by atoms with van der Waals surface area (Å²) in [6.45, 7) is 0. The molecule has 3 heteroatoms. The summed E-state index contributed by atoms with van der Waals surface area (Å²) >= 11 is 0. The predicted octanol–water partition coefficient (Wildman–Crippen LogP) is 1.95. The maximum absolute atomic E-state index is 4.97. The number of hydrogen-bond acceptors (Lipinski definition) is 3. The van der Waals surface area contributed by atoms with Gasteiger partial charge >= 0.3 is 0 Å². The van der Waals surface area contributed by atoms with Crippen molar-refractivity contribution in [3.05, 3.63) is 42.7 Å². The maximum Gasteiger partial charge on any atom is 0.212 e. The van der Waals surface area contributed by atoms with E-state index in [0.717, 1.165) is 11.3 Å². The van der Waals surface area contributed by atoms with Gasteiger partial charge in [-0.2, -0.15) is 0 Å². The van der Waals surface area contributed by atoms with Gasteiger partial charge in [-0.15, -0.1) is 0 Å². The second kappa shape index (κ2) is 3.87. The highest BCUT2D eigenvalue weighted by molar-refractivity contribution is 5.57. The summed E-state index contributed by atoms with van der Waals surface area (Å²) in [5.41, 5.74) is 1.82. The molecule has 2 aromatic heterocycles. The summed E-state index contributed by atoms with van der Waals surface area (Å²) in [6.07, 6.45) is 4.51. The second-order valence-corrected chi connectivity index (χ2v) is 2.74. The van der Waals surface area contributed by atoms with E-state index in [0.29, 0.717) is 5.88 Å². The zero-order valence-corrected chi connectivity index (χ0v) is 7.77. The minimum absolute atomic E-state index is 0.605. The molecule has 0 bridgehead atoms. The van der Waals surface area contributed by atoms with Crippen LogP contribution in [0.1, 0.15) is 0 Å². The maximum atomic E-state index is 4.97. The van der Waals surface area contributed by atoms with Crippen molar-refractivity contribution >= 4 is 0 Å². The van der Waals surface area contributed by atoms with Gasteiger partial charge in [-0.05, 0) is 18.2 Å². The molecule has 3 nitrogen and oxygen atoms in total.